The minimum Gasteiger partial charge on any atom is -0.381 e. The first-order valence-electron chi connectivity index (χ1n) is 9.40. The van der Waals surface area contributed by atoms with E-state index in [9.17, 15) is 8.42 Å². The van der Waals surface area contributed by atoms with Gasteiger partial charge in [0.1, 0.15) is 0 Å². The van der Waals surface area contributed by atoms with Crippen LogP contribution in [-0.2, 0) is 14.8 Å². The van der Waals surface area contributed by atoms with E-state index in [1.165, 1.54) is 12.7 Å². The number of nitrogens with one attached hydrogen (secondary N) is 1. The molecule has 1 spiro atoms. The van der Waals surface area contributed by atoms with Gasteiger partial charge in [-0.2, -0.15) is 0 Å². The summed E-state index contributed by atoms with van der Waals surface area (Å²) < 4.78 is 30.3. The molecule has 0 aromatic rings. The van der Waals surface area contributed by atoms with Gasteiger partial charge in [0.25, 0.3) is 0 Å². The Kier molecular flexibility index (Phi) is 5.90. The predicted molar refractivity (Wildman–Crippen MR) is 99.2 cm³/mol. The van der Waals surface area contributed by atoms with E-state index in [4.69, 9.17) is 4.74 Å². The van der Waals surface area contributed by atoms with Gasteiger partial charge in [-0.1, -0.05) is 0 Å². The van der Waals surface area contributed by atoms with Crippen LogP contribution in [0.2, 0.25) is 0 Å². The van der Waals surface area contributed by atoms with Crippen molar-refractivity contribution in [3.63, 3.8) is 0 Å². The fourth-order valence-electron chi connectivity index (χ4n) is 4.34. The smallest absolute Gasteiger partial charge is 0.211 e. The van der Waals surface area contributed by atoms with Gasteiger partial charge in [0, 0.05) is 53.0 Å². The lowest BCUT2D eigenvalue weighted by Crippen LogP contribution is -2.45. The highest BCUT2D eigenvalue weighted by Gasteiger charge is 2.40. The Morgan fingerprint density at radius 2 is 1.88 bits per heavy atom. The van der Waals surface area contributed by atoms with Crippen LogP contribution in [0, 0.1) is 11.3 Å². The highest BCUT2D eigenvalue weighted by Crippen LogP contribution is 2.39. The van der Waals surface area contributed by atoms with Crippen LogP contribution in [0.15, 0.2) is 4.99 Å². The summed E-state index contributed by atoms with van der Waals surface area (Å²) in [6.45, 7) is 6.05. The van der Waals surface area contributed by atoms with Crippen molar-refractivity contribution in [1.29, 1.82) is 0 Å². The first-order chi connectivity index (χ1) is 11.9. The maximum atomic E-state index is 11.6. The van der Waals surface area contributed by atoms with E-state index < -0.39 is 10.0 Å². The van der Waals surface area contributed by atoms with Gasteiger partial charge >= 0.3 is 0 Å². The molecule has 3 saturated heterocycles. The van der Waals surface area contributed by atoms with Crippen LogP contribution in [0.3, 0.4) is 0 Å². The molecule has 3 aliphatic heterocycles. The third-order valence-electron chi connectivity index (χ3n) is 6.09. The summed E-state index contributed by atoms with van der Waals surface area (Å²) >= 11 is 0. The van der Waals surface area contributed by atoms with Gasteiger partial charge in [-0.05, 0) is 43.4 Å². The zero-order chi connectivity index (χ0) is 17.9. The van der Waals surface area contributed by atoms with Gasteiger partial charge in [-0.25, -0.2) is 12.7 Å². The Hall–Kier alpha value is -0.860. The zero-order valence-electron chi connectivity index (χ0n) is 15.5. The summed E-state index contributed by atoms with van der Waals surface area (Å²) in [7, 11) is -1.19. The van der Waals surface area contributed by atoms with E-state index in [1.54, 1.807) is 4.31 Å². The molecule has 0 aliphatic carbocycles. The maximum Gasteiger partial charge on any atom is 0.211 e. The molecule has 0 unspecified atom stereocenters. The molecule has 7 nitrogen and oxygen atoms in total. The monoisotopic (exact) mass is 372 g/mol. The van der Waals surface area contributed by atoms with Crippen molar-refractivity contribution in [2.75, 3.05) is 59.2 Å². The fourth-order valence-corrected chi connectivity index (χ4v) is 5.22. The Bertz CT molecular complexity index is 579. The van der Waals surface area contributed by atoms with E-state index in [-0.39, 0.29) is 0 Å². The van der Waals surface area contributed by atoms with Gasteiger partial charge in [-0.15, -0.1) is 0 Å². The molecule has 3 aliphatic rings. The SMILES string of the molecule is CN=C(NCC1CCN(S(C)(=O)=O)CC1)N1CCC2(CCOCC2)C1. The molecular weight excluding hydrogens is 340 g/mol. The van der Waals surface area contributed by atoms with Crippen LogP contribution in [0.1, 0.15) is 32.1 Å². The number of piperidine rings is 1. The second kappa shape index (κ2) is 7.80. The lowest BCUT2D eigenvalue weighted by Gasteiger charge is -2.34. The Labute approximate surface area is 151 Å². The van der Waals surface area contributed by atoms with Gasteiger partial charge < -0.3 is 15.0 Å². The second-order valence-corrected chi connectivity index (χ2v) is 9.80. The predicted octanol–water partition coefficient (Wildman–Crippen LogP) is 0.736. The first-order valence-corrected chi connectivity index (χ1v) is 11.3. The highest BCUT2D eigenvalue weighted by atomic mass is 32.2. The van der Waals surface area contributed by atoms with E-state index in [0.29, 0.717) is 24.4 Å². The molecule has 8 heteroatoms. The van der Waals surface area contributed by atoms with E-state index in [1.807, 2.05) is 7.05 Å². The Morgan fingerprint density at radius 1 is 1.20 bits per heavy atom. The van der Waals surface area contributed by atoms with Gasteiger partial charge in [0.15, 0.2) is 5.96 Å². The van der Waals surface area contributed by atoms with Crippen molar-refractivity contribution < 1.29 is 13.2 Å². The van der Waals surface area contributed by atoms with Crippen molar-refractivity contribution in [1.82, 2.24) is 14.5 Å². The van der Waals surface area contributed by atoms with Gasteiger partial charge in [0.05, 0.1) is 6.26 Å². The van der Waals surface area contributed by atoms with E-state index >= 15 is 0 Å². The Balaban J connectivity index is 1.46. The van der Waals surface area contributed by atoms with Crippen LogP contribution in [0.4, 0.5) is 0 Å². The summed E-state index contributed by atoms with van der Waals surface area (Å²) in [5.74, 6) is 1.50. The summed E-state index contributed by atoms with van der Waals surface area (Å²) in [5, 5.41) is 3.53. The van der Waals surface area contributed by atoms with Crippen molar-refractivity contribution in [3.05, 3.63) is 0 Å². The standard InChI is InChI=1S/C17H32N4O3S/c1-18-16(20-10-5-17(14-20)6-11-24-12-7-17)19-13-15-3-8-21(9-4-15)25(2,22)23/h15H,3-14H2,1-2H3,(H,18,19). The number of guanidine groups is 1. The summed E-state index contributed by atoms with van der Waals surface area (Å²) in [5.41, 5.74) is 0.413. The normalized spacial score (nSPS) is 26.3. The second-order valence-electron chi connectivity index (χ2n) is 7.82. The number of hydrogen-bond acceptors (Lipinski definition) is 4. The zero-order valence-corrected chi connectivity index (χ0v) is 16.4. The first kappa shape index (κ1) is 18.9. The molecule has 0 aromatic heterocycles. The van der Waals surface area contributed by atoms with Crippen molar-refractivity contribution in [2.24, 2.45) is 16.3 Å². The van der Waals surface area contributed by atoms with Crippen LogP contribution in [0.5, 0.6) is 0 Å². The lowest BCUT2D eigenvalue weighted by atomic mass is 9.80. The fraction of sp³-hybridized carbons (Fsp3) is 0.941. The molecular formula is C17H32N4O3S. The molecule has 0 radical (unpaired) electrons. The van der Waals surface area contributed by atoms with Gasteiger partial charge in [-0.3, -0.25) is 4.99 Å². The summed E-state index contributed by atoms with van der Waals surface area (Å²) in [4.78, 5) is 6.87. The molecule has 3 heterocycles. The number of nitrogens with zero attached hydrogens (tertiary/aromatic N) is 3. The molecule has 25 heavy (non-hydrogen) atoms. The maximum absolute atomic E-state index is 11.6. The van der Waals surface area contributed by atoms with Crippen molar-refractivity contribution in [3.8, 4) is 0 Å². The third kappa shape index (κ3) is 4.65. The largest absolute Gasteiger partial charge is 0.381 e. The number of likely N-dealkylation sites (tertiary alicyclic amines) is 1. The molecule has 1 N–H and O–H groups in total. The van der Waals surface area contributed by atoms with Gasteiger partial charge in [0.2, 0.25) is 10.0 Å². The number of hydrogen-bond donors (Lipinski definition) is 1. The lowest BCUT2D eigenvalue weighted by molar-refractivity contribution is 0.0217. The minimum atomic E-state index is -3.04. The molecule has 144 valence electrons. The molecule has 0 bridgehead atoms. The third-order valence-corrected chi connectivity index (χ3v) is 7.40. The molecule has 0 amide bonds. The Morgan fingerprint density at radius 3 is 2.48 bits per heavy atom. The molecule has 0 aromatic carbocycles. The minimum absolute atomic E-state index is 0.413. The van der Waals surface area contributed by atoms with Crippen molar-refractivity contribution >= 4 is 16.0 Å². The molecule has 0 atom stereocenters. The number of sulfonamides is 1. The van der Waals surface area contributed by atoms with E-state index in [2.05, 4.69) is 15.2 Å². The number of ether oxygens (including phenoxy) is 1. The average Bonchev–Trinajstić information content (AvgIpc) is 2.99. The molecule has 3 rings (SSSR count). The van der Waals surface area contributed by atoms with Crippen LogP contribution in [0.25, 0.3) is 0 Å². The quantitative estimate of drug-likeness (QED) is 0.584. The van der Waals surface area contributed by atoms with Crippen LogP contribution in [-0.4, -0.2) is 82.8 Å². The molecule has 3 fully saturated rings. The summed E-state index contributed by atoms with van der Waals surface area (Å²) in [6, 6.07) is 0. The van der Waals surface area contributed by atoms with Crippen molar-refractivity contribution in [2.45, 2.75) is 32.1 Å². The average molecular weight is 373 g/mol. The van der Waals surface area contributed by atoms with Crippen LogP contribution < -0.4 is 5.32 Å². The highest BCUT2D eigenvalue weighted by molar-refractivity contribution is 7.88. The molecule has 0 saturated carbocycles. The topological polar surface area (TPSA) is 74.2 Å². The summed E-state index contributed by atoms with van der Waals surface area (Å²) in [6.07, 6.45) is 6.67. The number of aliphatic imine (C=N–C) groups is 1. The number of rotatable bonds is 3. The van der Waals surface area contributed by atoms with E-state index in [0.717, 1.165) is 64.5 Å². The van der Waals surface area contributed by atoms with Crippen LogP contribution >= 0.6 is 0 Å².